The fourth-order valence-electron chi connectivity index (χ4n) is 2.24. The van der Waals surface area contributed by atoms with E-state index in [1.165, 1.54) is 0 Å². The SMILES string of the molecule is O=S(=O)(Cc1ccccc1)NCc1ccc(-n2ccnc2)cc1. The summed E-state index contributed by atoms with van der Waals surface area (Å²) in [5.74, 6) is -0.0129. The van der Waals surface area contributed by atoms with Crippen LogP contribution in [0.2, 0.25) is 0 Å². The molecule has 23 heavy (non-hydrogen) atoms. The Morgan fingerprint density at radius 2 is 1.70 bits per heavy atom. The largest absolute Gasteiger partial charge is 0.306 e. The molecule has 2 aromatic carbocycles. The monoisotopic (exact) mass is 327 g/mol. The van der Waals surface area contributed by atoms with Gasteiger partial charge in [0.1, 0.15) is 0 Å². The van der Waals surface area contributed by atoms with Crippen molar-refractivity contribution in [3.8, 4) is 5.69 Å². The topological polar surface area (TPSA) is 64.0 Å². The highest BCUT2D eigenvalue weighted by Crippen LogP contribution is 2.10. The molecule has 0 aliphatic rings. The zero-order valence-corrected chi connectivity index (χ0v) is 13.3. The zero-order chi connectivity index (χ0) is 16.1. The maximum atomic E-state index is 12.1. The van der Waals surface area contributed by atoms with Crippen LogP contribution in [0.5, 0.6) is 0 Å². The van der Waals surface area contributed by atoms with Crippen LogP contribution in [0.15, 0.2) is 73.3 Å². The molecule has 118 valence electrons. The van der Waals surface area contributed by atoms with Gasteiger partial charge in [-0.15, -0.1) is 0 Å². The summed E-state index contributed by atoms with van der Waals surface area (Å²) in [4.78, 5) is 4.00. The van der Waals surface area contributed by atoms with E-state index < -0.39 is 10.0 Å². The number of aromatic nitrogens is 2. The number of nitrogens with zero attached hydrogens (tertiary/aromatic N) is 2. The van der Waals surface area contributed by atoms with E-state index in [0.29, 0.717) is 0 Å². The molecule has 5 nitrogen and oxygen atoms in total. The molecule has 0 spiro atoms. The fraction of sp³-hybridized carbons (Fsp3) is 0.118. The van der Waals surface area contributed by atoms with Crippen LogP contribution in [0, 0.1) is 0 Å². The summed E-state index contributed by atoms with van der Waals surface area (Å²) in [6, 6.07) is 16.8. The van der Waals surface area contributed by atoms with Crippen LogP contribution in [0.25, 0.3) is 5.69 Å². The van der Waals surface area contributed by atoms with E-state index in [2.05, 4.69) is 9.71 Å². The molecule has 0 saturated heterocycles. The van der Waals surface area contributed by atoms with Gasteiger partial charge in [0.05, 0.1) is 12.1 Å². The third-order valence-electron chi connectivity index (χ3n) is 3.43. The van der Waals surface area contributed by atoms with Crippen LogP contribution in [0.4, 0.5) is 0 Å². The second kappa shape index (κ2) is 6.76. The highest BCUT2D eigenvalue weighted by atomic mass is 32.2. The molecule has 0 aliphatic heterocycles. The first-order chi connectivity index (χ1) is 11.1. The lowest BCUT2D eigenvalue weighted by atomic mass is 10.2. The van der Waals surface area contributed by atoms with Gasteiger partial charge < -0.3 is 4.57 Å². The van der Waals surface area contributed by atoms with Gasteiger partial charge in [-0.05, 0) is 23.3 Å². The molecule has 1 N–H and O–H groups in total. The minimum Gasteiger partial charge on any atom is -0.306 e. The Kier molecular flexibility index (Phi) is 4.55. The summed E-state index contributed by atoms with van der Waals surface area (Å²) in [5, 5.41) is 0. The van der Waals surface area contributed by atoms with E-state index in [4.69, 9.17) is 0 Å². The molecule has 0 radical (unpaired) electrons. The summed E-state index contributed by atoms with van der Waals surface area (Å²) in [6.45, 7) is 0.277. The Morgan fingerprint density at radius 3 is 2.35 bits per heavy atom. The van der Waals surface area contributed by atoms with E-state index >= 15 is 0 Å². The van der Waals surface area contributed by atoms with Gasteiger partial charge in [-0.2, -0.15) is 0 Å². The van der Waals surface area contributed by atoms with Crippen molar-refractivity contribution >= 4 is 10.0 Å². The summed E-state index contributed by atoms with van der Waals surface area (Å²) >= 11 is 0. The summed E-state index contributed by atoms with van der Waals surface area (Å²) in [5.41, 5.74) is 2.67. The maximum absolute atomic E-state index is 12.1. The van der Waals surface area contributed by atoms with Gasteiger partial charge in [0.2, 0.25) is 10.0 Å². The highest BCUT2D eigenvalue weighted by Gasteiger charge is 2.11. The first-order valence-corrected chi connectivity index (χ1v) is 8.86. The average Bonchev–Trinajstić information content (AvgIpc) is 3.09. The standard InChI is InChI=1S/C17H17N3O2S/c21-23(22,13-16-4-2-1-3-5-16)19-12-15-6-8-17(9-7-15)20-11-10-18-14-20/h1-11,14,19H,12-13H2. The lowest BCUT2D eigenvalue weighted by molar-refractivity contribution is 0.580. The number of hydrogen-bond donors (Lipinski definition) is 1. The van der Waals surface area contributed by atoms with E-state index in [-0.39, 0.29) is 12.3 Å². The van der Waals surface area contributed by atoms with Crippen LogP contribution in [-0.4, -0.2) is 18.0 Å². The molecule has 0 amide bonds. The predicted molar refractivity (Wildman–Crippen MR) is 89.5 cm³/mol. The van der Waals surface area contributed by atoms with E-state index in [0.717, 1.165) is 16.8 Å². The van der Waals surface area contributed by atoms with Crippen LogP contribution in [0.3, 0.4) is 0 Å². The lowest BCUT2D eigenvalue weighted by Crippen LogP contribution is -2.24. The van der Waals surface area contributed by atoms with Crippen molar-refractivity contribution in [3.63, 3.8) is 0 Å². The molecule has 0 saturated carbocycles. The van der Waals surface area contributed by atoms with Crippen molar-refractivity contribution in [1.29, 1.82) is 0 Å². The molecule has 1 heterocycles. The normalized spacial score (nSPS) is 11.5. The third kappa shape index (κ3) is 4.28. The summed E-state index contributed by atoms with van der Waals surface area (Å²) in [7, 11) is -3.35. The summed E-state index contributed by atoms with van der Waals surface area (Å²) in [6.07, 6.45) is 5.29. The quantitative estimate of drug-likeness (QED) is 0.756. The molecule has 3 rings (SSSR count). The molecular formula is C17H17N3O2S. The zero-order valence-electron chi connectivity index (χ0n) is 12.5. The molecule has 0 unspecified atom stereocenters. The van der Waals surface area contributed by atoms with E-state index in [1.807, 2.05) is 53.2 Å². The van der Waals surface area contributed by atoms with Gasteiger partial charge in [0.15, 0.2) is 0 Å². The number of hydrogen-bond acceptors (Lipinski definition) is 3. The molecule has 0 fully saturated rings. The Hall–Kier alpha value is -2.44. The minimum atomic E-state index is -3.35. The maximum Gasteiger partial charge on any atom is 0.216 e. The smallest absolute Gasteiger partial charge is 0.216 e. The molecule has 0 atom stereocenters. The fourth-order valence-corrected chi connectivity index (χ4v) is 3.36. The van der Waals surface area contributed by atoms with Gasteiger partial charge >= 0.3 is 0 Å². The van der Waals surface area contributed by atoms with E-state index in [9.17, 15) is 8.42 Å². The number of imidazole rings is 1. The molecule has 3 aromatic rings. The second-order valence-corrected chi connectivity index (χ2v) is 7.01. The average molecular weight is 327 g/mol. The van der Waals surface area contributed by atoms with Gasteiger partial charge in [0, 0.05) is 24.6 Å². The Labute approximate surface area is 135 Å². The van der Waals surface area contributed by atoms with Crippen LogP contribution in [-0.2, 0) is 22.3 Å². The Morgan fingerprint density at radius 1 is 0.957 bits per heavy atom. The van der Waals surface area contributed by atoms with Crippen molar-refractivity contribution in [2.45, 2.75) is 12.3 Å². The van der Waals surface area contributed by atoms with Crippen molar-refractivity contribution in [3.05, 3.63) is 84.4 Å². The highest BCUT2D eigenvalue weighted by molar-refractivity contribution is 7.88. The number of rotatable bonds is 6. The van der Waals surface area contributed by atoms with Crippen molar-refractivity contribution < 1.29 is 8.42 Å². The molecule has 0 bridgehead atoms. The van der Waals surface area contributed by atoms with Crippen LogP contribution < -0.4 is 4.72 Å². The third-order valence-corrected chi connectivity index (χ3v) is 4.73. The van der Waals surface area contributed by atoms with Crippen molar-refractivity contribution in [2.75, 3.05) is 0 Å². The van der Waals surface area contributed by atoms with Crippen LogP contribution >= 0.6 is 0 Å². The Balaban J connectivity index is 1.61. The second-order valence-electron chi connectivity index (χ2n) is 5.20. The lowest BCUT2D eigenvalue weighted by Gasteiger charge is -2.08. The molecule has 6 heteroatoms. The summed E-state index contributed by atoms with van der Waals surface area (Å²) < 4.78 is 28.7. The van der Waals surface area contributed by atoms with Crippen LogP contribution in [0.1, 0.15) is 11.1 Å². The molecular weight excluding hydrogens is 310 g/mol. The van der Waals surface area contributed by atoms with Gasteiger partial charge in [-0.1, -0.05) is 42.5 Å². The molecule has 0 aliphatic carbocycles. The van der Waals surface area contributed by atoms with E-state index in [1.54, 1.807) is 24.7 Å². The minimum absolute atomic E-state index is 0.0129. The number of benzene rings is 2. The van der Waals surface area contributed by atoms with Gasteiger partial charge in [-0.3, -0.25) is 0 Å². The van der Waals surface area contributed by atoms with Gasteiger partial charge in [0.25, 0.3) is 0 Å². The number of nitrogens with one attached hydrogen (secondary N) is 1. The Bertz CT molecular complexity index is 843. The predicted octanol–water partition coefficient (Wildman–Crippen LogP) is 2.49. The van der Waals surface area contributed by atoms with Crippen molar-refractivity contribution in [1.82, 2.24) is 14.3 Å². The number of sulfonamides is 1. The first kappa shape index (κ1) is 15.5. The van der Waals surface area contributed by atoms with Crippen molar-refractivity contribution in [2.24, 2.45) is 0 Å². The molecule has 1 aromatic heterocycles. The van der Waals surface area contributed by atoms with Gasteiger partial charge in [-0.25, -0.2) is 18.1 Å². The first-order valence-electron chi connectivity index (χ1n) is 7.21.